The largest absolute Gasteiger partial charge is 0.382 e. The molecule has 0 spiro atoms. The third-order valence-corrected chi connectivity index (χ3v) is 3.18. The smallest absolute Gasteiger partial charge is 0.221 e. The molecule has 2 N–H and O–H groups in total. The molecule has 1 aromatic rings. The van der Waals surface area contributed by atoms with Gasteiger partial charge in [-0.1, -0.05) is 11.6 Å². The Bertz CT molecular complexity index is 431. The van der Waals surface area contributed by atoms with Crippen molar-refractivity contribution in [2.75, 3.05) is 23.8 Å². The number of nitrogens with one attached hydrogen (secondary N) is 2. The molecule has 1 aliphatic rings. The Morgan fingerprint density at radius 2 is 2.11 bits per heavy atom. The van der Waals surface area contributed by atoms with Crippen molar-refractivity contribution in [1.82, 2.24) is 0 Å². The molecule has 18 heavy (non-hydrogen) atoms. The molecule has 2 rings (SSSR count). The standard InChI is InChI=1S/C13H17ClN2O2/c1-9(17)15-13-3-2-11(8-12(13)14)16-10-4-6-18-7-5-10/h2-3,8,10,16H,4-7H2,1H3,(H,15,17). The van der Waals surface area contributed by atoms with E-state index in [0.717, 1.165) is 31.7 Å². The van der Waals surface area contributed by atoms with Gasteiger partial charge in [0.2, 0.25) is 5.91 Å². The van der Waals surface area contributed by atoms with Crippen LogP contribution in [0, 0.1) is 0 Å². The first kappa shape index (κ1) is 13.2. The van der Waals surface area contributed by atoms with Gasteiger partial charge in [0, 0.05) is 31.9 Å². The van der Waals surface area contributed by atoms with Gasteiger partial charge in [0.25, 0.3) is 0 Å². The van der Waals surface area contributed by atoms with E-state index in [1.54, 1.807) is 0 Å². The molecule has 4 nitrogen and oxygen atoms in total. The summed E-state index contributed by atoms with van der Waals surface area (Å²) in [5, 5.41) is 6.65. The normalized spacial score (nSPS) is 16.3. The van der Waals surface area contributed by atoms with Crippen molar-refractivity contribution in [2.45, 2.75) is 25.8 Å². The number of benzene rings is 1. The predicted octanol–water partition coefficient (Wildman–Crippen LogP) is 2.89. The number of hydrogen-bond donors (Lipinski definition) is 2. The summed E-state index contributed by atoms with van der Waals surface area (Å²) in [4.78, 5) is 11.0. The fourth-order valence-corrected chi connectivity index (χ4v) is 2.20. The molecule has 1 saturated heterocycles. The Balaban J connectivity index is 2.01. The molecule has 0 radical (unpaired) electrons. The monoisotopic (exact) mass is 268 g/mol. The Kier molecular flexibility index (Phi) is 4.44. The molecular weight excluding hydrogens is 252 g/mol. The first-order chi connectivity index (χ1) is 8.65. The molecule has 1 heterocycles. The van der Waals surface area contributed by atoms with Gasteiger partial charge in [0.15, 0.2) is 0 Å². The van der Waals surface area contributed by atoms with Crippen molar-refractivity contribution >= 4 is 28.9 Å². The zero-order chi connectivity index (χ0) is 13.0. The number of carbonyl (C=O) groups excluding carboxylic acids is 1. The summed E-state index contributed by atoms with van der Waals surface area (Å²) in [6, 6.07) is 6.00. The maximum atomic E-state index is 11.0. The van der Waals surface area contributed by atoms with Crippen LogP contribution in [0.4, 0.5) is 11.4 Å². The van der Waals surface area contributed by atoms with Crippen LogP contribution in [-0.4, -0.2) is 25.2 Å². The molecular formula is C13H17ClN2O2. The van der Waals surface area contributed by atoms with Crippen LogP contribution >= 0.6 is 11.6 Å². The van der Waals surface area contributed by atoms with Crippen molar-refractivity contribution < 1.29 is 9.53 Å². The van der Waals surface area contributed by atoms with E-state index in [1.165, 1.54) is 6.92 Å². The zero-order valence-corrected chi connectivity index (χ0v) is 11.1. The Morgan fingerprint density at radius 1 is 1.39 bits per heavy atom. The van der Waals surface area contributed by atoms with E-state index >= 15 is 0 Å². The molecule has 0 saturated carbocycles. The van der Waals surface area contributed by atoms with E-state index in [9.17, 15) is 4.79 Å². The number of carbonyl (C=O) groups is 1. The molecule has 98 valence electrons. The zero-order valence-electron chi connectivity index (χ0n) is 10.3. The molecule has 1 amide bonds. The predicted molar refractivity (Wildman–Crippen MR) is 73.2 cm³/mol. The van der Waals surface area contributed by atoms with Gasteiger partial charge in [-0.2, -0.15) is 0 Å². The van der Waals surface area contributed by atoms with Gasteiger partial charge in [-0.25, -0.2) is 0 Å². The summed E-state index contributed by atoms with van der Waals surface area (Å²) >= 11 is 6.11. The first-order valence-electron chi connectivity index (χ1n) is 6.06. The lowest BCUT2D eigenvalue weighted by Gasteiger charge is -2.24. The molecule has 0 bridgehead atoms. The molecule has 0 unspecified atom stereocenters. The topological polar surface area (TPSA) is 50.4 Å². The summed E-state index contributed by atoms with van der Waals surface area (Å²) in [7, 11) is 0. The fraction of sp³-hybridized carbons (Fsp3) is 0.462. The quantitative estimate of drug-likeness (QED) is 0.886. The highest BCUT2D eigenvalue weighted by Gasteiger charge is 2.13. The van der Waals surface area contributed by atoms with Crippen LogP contribution in [0.25, 0.3) is 0 Å². The van der Waals surface area contributed by atoms with Crippen molar-refractivity contribution in [1.29, 1.82) is 0 Å². The third-order valence-electron chi connectivity index (χ3n) is 2.87. The van der Waals surface area contributed by atoms with E-state index in [1.807, 2.05) is 18.2 Å². The van der Waals surface area contributed by atoms with Crippen LogP contribution < -0.4 is 10.6 Å². The highest BCUT2D eigenvalue weighted by molar-refractivity contribution is 6.34. The van der Waals surface area contributed by atoms with Crippen LogP contribution in [0.5, 0.6) is 0 Å². The van der Waals surface area contributed by atoms with Crippen LogP contribution in [0.1, 0.15) is 19.8 Å². The van der Waals surface area contributed by atoms with Gasteiger partial charge < -0.3 is 15.4 Å². The summed E-state index contributed by atoms with van der Waals surface area (Å²) in [6.45, 7) is 3.06. The third kappa shape index (κ3) is 3.62. The minimum absolute atomic E-state index is 0.123. The average Bonchev–Trinajstić information content (AvgIpc) is 2.33. The second-order valence-electron chi connectivity index (χ2n) is 4.41. The molecule has 5 heteroatoms. The van der Waals surface area contributed by atoms with Crippen LogP contribution in [0.2, 0.25) is 5.02 Å². The van der Waals surface area contributed by atoms with E-state index in [4.69, 9.17) is 16.3 Å². The van der Waals surface area contributed by atoms with Crippen molar-refractivity contribution in [2.24, 2.45) is 0 Å². The Labute approximate surface area is 112 Å². The number of amides is 1. The van der Waals surface area contributed by atoms with E-state index in [0.29, 0.717) is 16.8 Å². The lowest BCUT2D eigenvalue weighted by molar-refractivity contribution is -0.114. The highest BCUT2D eigenvalue weighted by Crippen LogP contribution is 2.26. The Hall–Kier alpha value is -1.26. The second-order valence-corrected chi connectivity index (χ2v) is 4.81. The van der Waals surface area contributed by atoms with Gasteiger partial charge in [-0.3, -0.25) is 4.79 Å². The summed E-state index contributed by atoms with van der Waals surface area (Å²) < 4.78 is 5.31. The SMILES string of the molecule is CC(=O)Nc1ccc(NC2CCOCC2)cc1Cl. The average molecular weight is 269 g/mol. The van der Waals surface area contributed by atoms with Crippen LogP contribution in [0.3, 0.4) is 0 Å². The van der Waals surface area contributed by atoms with Gasteiger partial charge in [-0.15, -0.1) is 0 Å². The Morgan fingerprint density at radius 3 is 2.72 bits per heavy atom. The minimum Gasteiger partial charge on any atom is -0.382 e. The summed E-state index contributed by atoms with van der Waals surface area (Å²) in [5.74, 6) is -0.123. The molecule has 1 fully saturated rings. The van der Waals surface area contributed by atoms with Gasteiger partial charge in [0.05, 0.1) is 10.7 Å². The molecule has 1 aliphatic heterocycles. The van der Waals surface area contributed by atoms with Crippen molar-refractivity contribution in [3.63, 3.8) is 0 Å². The fourth-order valence-electron chi connectivity index (χ4n) is 1.97. The maximum absolute atomic E-state index is 11.0. The number of ether oxygens (including phenoxy) is 1. The number of anilines is 2. The van der Waals surface area contributed by atoms with Gasteiger partial charge in [-0.05, 0) is 31.0 Å². The number of halogens is 1. The first-order valence-corrected chi connectivity index (χ1v) is 6.44. The number of hydrogen-bond acceptors (Lipinski definition) is 3. The van der Waals surface area contributed by atoms with Crippen molar-refractivity contribution in [3.05, 3.63) is 23.2 Å². The molecule has 0 aliphatic carbocycles. The van der Waals surface area contributed by atoms with E-state index < -0.39 is 0 Å². The van der Waals surface area contributed by atoms with Crippen LogP contribution in [-0.2, 0) is 9.53 Å². The highest BCUT2D eigenvalue weighted by atomic mass is 35.5. The van der Waals surface area contributed by atoms with Gasteiger partial charge in [0.1, 0.15) is 0 Å². The second kappa shape index (κ2) is 6.07. The van der Waals surface area contributed by atoms with E-state index in [2.05, 4.69) is 10.6 Å². The number of rotatable bonds is 3. The summed E-state index contributed by atoms with van der Waals surface area (Å²) in [6.07, 6.45) is 2.01. The maximum Gasteiger partial charge on any atom is 0.221 e. The van der Waals surface area contributed by atoms with E-state index in [-0.39, 0.29) is 5.91 Å². The summed E-state index contributed by atoms with van der Waals surface area (Å²) in [5.41, 5.74) is 1.61. The molecule has 0 aromatic heterocycles. The lowest BCUT2D eigenvalue weighted by atomic mass is 10.1. The molecule has 1 aromatic carbocycles. The van der Waals surface area contributed by atoms with Gasteiger partial charge >= 0.3 is 0 Å². The van der Waals surface area contributed by atoms with Crippen molar-refractivity contribution in [3.8, 4) is 0 Å². The lowest BCUT2D eigenvalue weighted by Crippen LogP contribution is -2.27. The molecule has 0 atom stereocenters. The van der Waals surface area contributed by atoms with Crippen LogP contribution in [0.15, 0.2) is 18.2 Å². The minimum atomic E-state index is -0.123.